The Kier molecular flexibility index (Phi) is 4.05. The number of aliphatic hydroxyl groups excluding tert-OH is 1. The van der Waals surface area contributed by atoms with Crippen LogP contribution in [0, 0.1) is 0 Å². The van der Waals surface area contributed by atoms with Gasteiger partial charge in [-0.15, -0.1) is 0 Å². The summed E-state index contributed by atoms with van der Waals surface area (Å²) in [5.74, 6) is 0. The lowest BCUT2D eigenvalue weighted by atomic mass is 10.1. The summed E-state index contributed by atoms with van der Waals surface area (Å²) < 4.78 is 11.3. The maximum Gasteiger partial charge on any atom is 0.157 e. The Hall–Kier alpha value is 0.610. The summed E-state index contributed by atoms with van der Waals surface area (Å²) >= 11 is 2.21. The minimum absolute atomic E-state index is 0.0469. The number of ether oxygens (including phenoxy) is 2. The third kappa shape index (κ3) is 2.54. The fourth-order valence-corrected chi connectivity index (χ4v) is 1.95. The molecule has 1 unspecified atom stereocenters. The number of hydrogen-bond donors (Lipinski definition) is 1. The smallest absolute Gasteiger partial charge is 0.157 e. The van der Waals surface area contributed by atoms with Crippen LogP contribution in [0.3, 0.4) is 0 Å². The SMILES string of the molecule is COC1CC[C@H](O)[C@@H](CI)O1. The van der Waals surface area contributed by atoms with Crippen LogP contribution >= 0.6 is 22.6 Å². The van der Waals surface area contributed by atoms with Crippen LogP contribution in [-0.2, 0) is 9.47 Å². The van der Waals surface area contributed by atoms with E-state index in [4.69, 9.17) is 9.47 Å². The molecule has 1 rings (SSSR count). The first-order valence-electron chi connectivity index (χ1n) is 3.70. The van der Waals surface area contributed by atoms with E-state index >= 15 is 0 Å². The minimum Gasteiger partial charge on any atom is -0.390 e. The summed E-state index contributed by atoms with van der Waals surface area (Å²) in [4.78, 5) is 0. The van der Waals surface area contributed by atoms with Crippen molar-refractivity contribution in [1.29, 1.82) is 0 Å². The standard InChI is InChI=1S/C7H13IO3/c1-10-7-3-2-5(9)6(4-8)11-7/h5-7,9H,2-4H2,1H3/t5-,6+,7?/m0/s1. The Morgan fingerprint density at radius 1 is 1.64 bits per heavy atom. The summed E-state index contributed by atoms with van der Waals surface area (Å²) in [6, 6.07) is 0. The molecule has 3 atom stereocenters. The van der Waals surface area contributed by atoms with E-state index in [1.165, 1.54) is 0 Å². The third-order valence-corrected chi connectivity index (χ3v) is 2.74. The van der Waals surface area contributed by atoms with Gasteiger partial charge in [-0.2, -0.15) is 0 Å². The van der Waals surface area contributed by atoms with Gasteiger partial charge in [-0.1, -0.05) is 22.6 Å². The topological polar surface area (TPSA) is 38.7 Å². The summed E-state index contributed by atoms with van der Waals surface area (Å²) in [5.41, 5.74) is 0. The van der Waals surface area contributed by atoms with Crippen LogP contribution in [0.2, 0.25) is 0 Å². The zero-order valence-electron chi connectivity index (χ0n) is 6.50. The molecule has 1 aliphatic heterocycles. The van der Waals surface area contributed by atoms with Crippen LogP contribution in [0.5, 0.6) is 0 Å². The Morgan fingerprint density at radius 3 is 2.91 bits per heavy atom. The summed E-state index contributed by atoms with van der Waals surface area (Å²) in [6.45, 7) is 0. The molecule has 0 radical (unpaired) electrons. The maximum atomic E-state index is 9.40. The molecule has 0 amide bonds. The Morgan fingerprint density at radius 2 is 2.36 bits per heavy atom. The second-order valence-electron chi connectivity index (χ2n) is 2.64. The van der Waals surface area contributed by atoms with Crippen LogP contribution < -0.4 is 0 Å². The van der Waals surface area contributed by atoms with Crippen molar-refractivity contribution in [3.8, 4) is 0 Å². The van der Waals surface area contributed by atoms with Crippen molar-refractivity contribution in [1.82, 2.24) is 0 Å². The van der Waals surface area contributed by atoms with Crippen LogP contribution in [0.25, 0.3) is 0 Å². The van der Waals surface area contributed by atoms with Gasteiger partial charge >= 0.3 is 0 Å². The molecule has 4 heteroatoms. The van der Waals surface area contributed by atoms with Crippen molar-refractivity contribution in [2.45, 2.75) is 31.3 Å². The van der Waals surface area contributed by atoms with E-state index in [1.54, 1.807) is 7.11 Å². The van der Waals surface area contributed by atoms with Crippen molar-refractivity contribution in [3.05, 3.63) is 0 Å². The molecule has 0 aromatic carbocycles. The van der Waals surface area contributed by atoms with Gasteiger partial charge in [0.25, 0.3) is 0 Å². The van der Waals surface area contributed by atoms with E-state index in [0.29, 0.717) is 0 Å². The fraction of sp³-hybridized carbons (Fsp3) is 1.00. The Bertz CT molecular complexity index is 120. The monoisotopic (exact) mass is 272 g/mol. The number of hydrogen-bond acceptors (Lipinski definition) is 3. The average molecular weight is 272 g/mol. The van der Waals surface area contributed by atoms with Gasteiger partial charge in [0.05, 0.1) is 12.2 Å². The first kappa shape index (κ1) is 9.70. The van der Waals surface area contributed by atoms with Crippen LogP contribution in [0.4, 0.5) is 0 Å². The highest BCUT2D eigenvalue weighted by atomic mass is 127. The van der Waals surface area contributed by atoms with Crippen molar-refractivity contribution < 1.29 is 14.6 Å². The average Bonchev–Trinajstić information content (AvgIpc) is 2.05. The Balaban J connectivity index is 2.37. The number of methoxy groups -OCH3 is 1. The summed E-state index contributed by atoms with van der Waals surface area (Å²) in [5, 5.41) is 9.40. The minimum atomic E-state index is -0.307. The molecule has 1 aliphatic rings. The van der Waals surface area contributed by atoms with Crippen molar-refractivity contribution in [2.75, 3.05) is 11.5 Å². The molecule has 0 aliphatic carbocycles. The highest BCUT2D eigenvalue weighted by Crippen LogP contribution is 2.21. The summed E-state index contributed by atoms with van der Waals surface area (Å²) in [7, 11) is 1.63. The maximum absolute atomic E-state index is 9.40. The van der Waals surface area contributed by atoms with Crippen molar-refractivity contribution >= 4 is 22.6 Å². The highest BCUT2D eigenvalue weighted by Gasteiger charge is 2.28. The van der Waals surface area contributed by atoms with E-state index in [2.05, 4.69) is 22.6 Å². The van der Waals surface area contributed by atoms with Gasteiger partial charge in [-0.05, 0) is 6.42 Å². The lowest BCUT2D eigenvalue weighted by Crippen LogP contribution is -2.40. The molecule has 1 N–H and O–H groups in total. The van der Waals surface area contributed by atoms with E-state index in [-0.39, 0.29) is 18.5 Å². The fourth-order valence-electron chi connectivity index (χ4n) is 1.16. The normalized spacial score (nSPS) is 39.0. The molecule has 1 saturated heterocycles. The van der Waals surface area contributed by atoms with Crippen LogP contribution in [-0.4, -0.2) is 35.1 Å². The van der Waals surface area contributed by atoms with E-state index in [0.717, 1.165) is 17.3 Å². The molecule has 1 fully saturated rings. The number of halogens is 1. The van der Waals surface area contributed by atoms with Crippen molar-refractivity contribution in [3.63, 3.8) is 0 Å². The molecule has 11 heavy (non-hydrogen) atoms. The van der Waals surface area contributed by atoms with E-state index in [1.807, 2.05) is 0 Å². The number of rotatable bonds is 2. The van der Waals surface area contributed by atoms with Gasteiger partial charge in [-0.25, -0.2) is 0 Å². The van der Waals surface area contributed by atoms with Gasteiger partial charge in [0, 0.05) is 18.0 Å². The van der Waals surface area contributed by atoms with Crippen LogP contribution in [0.15, 0.2) is 0 Å². The summed E-state index contributed by atoms with van der Waals surface area (Å²) in [6.07, 6.45) is 1.11. The van der Waals surface area contributed by atoms with Crippen molar-refractivity contribution in [2.24, 2.45) is 0 Å². The van der Waals surface area contributed by atoms with E-state index in [9.17, 15) is 5.11 Å². The molecule has 1 heterocycles. The predicted molar refractivity (Wildman–Crippen MR) is 49.8 cm³/mol. The van der Waals surface area contributed by atoms with Gasteiger partial charge in [0.2, 0.25) is 0 Å². The molecule has 0 bridgehead atoms. The van der Waals surface area contributed by atoms with Gasteiger partial charge in [0.1, 0.15) is 0 Å². The second-order valence-corrected chi connectivity index (χ2v) is 3.52. The zero-order chi connectivity index (χ0) is 8.27. The van der Waals surface area contributed by atoms with Gasteiger partial charge < -0.3 is 14.6 Å². The molecule has 0 saturated carbocycles. The zero-order valence-corrected chi connectivity index (χ0v) is 8.65. The molecule has 0 aromatic heterocycles. The Labute approximate surface area is 80.2 Å². The molecular formula is C7H13IO3. The third-order valence-electron chi connectivity index (χ3n) is 1.87. The predicted octanol–water partition coefficient (Wildman–Crippen LogP) is 0.934. The molecule has 3 nitrogen and oxygen atoms in total. The molecule has 0 aromatic rings. The molecule has 66 valence electrons. The largest absolute Gasteiger partial charge is 0.390 e. The molecular weight excluding hydrogens is 259 g/mol. The quantitative estimate of drug-likeness (QED) is 0.600. The first-order chi connectivity index (χ1) is 5.27. The lowest BCUT2D eigenvalue weighted by molar-refractivity contribution is -0.203. The second kappa shape index (κ2) is 4.59. The number of alkyl halides is 1. The highest BCUT2D eigenvalue weighted by molar-refractivity contribution is 14.1. The van der Waals surface area contributed by atoms with E-state index < -0.39 is 0 Å². The first-order valence-corrected chi connectivity index (χ1v) is 5.22. The number of aliphatic hydroxyl groups is 1. The van der Waals surface area contributed by atoms with Gasteiger partial charge in [0.15, 0.2) is 6.29 Å². The lowest BCUT2D eigenvalue weighted by Gasteiger charge is -2.31. The van der Waals surface area contributed by atoms with Crippen LogP contribution in [0.1, 0.15) is 12.8 Å². The molecule has 0 spiro atoms. The van der Waals surface area contributed by atoms with Gasteiger partial charge in [-0.3, -0.25) is 0 Å².